The van der Waals surface area contributed by atoms with Crippen molar-refractivity contribution in [3.63, 3.8) is 0 Å². The Kier molecular flexibility index (Phi) is 6.56. The smallest absolute Gasteiger partial charge is 0.211 e. The third kappa shape index (κ3) is 5.39. The van der Waals surface area contributed by atoms with Gasteiger partial charge >= 0.3 is 0 Å². The summed E-state index contributed by atoms with van der Waals surface area (Å²) in [6.45, 7) is 3.93. The quantitative estimate of drug-likeness (QED) is 0.537. The first-order valence-corrected chi connectivity index (χ1v) is 6.79. The molecule has 1 rings (SSSR count). The minimum absolute atomic E-state index is 0.0802. The number of aliphatic imine (C=N–C) groups is 2. The highest BCUT2D eigenvalue weighted by atomic mass is 16.1. The van der Waals surface area contributed by atoms with Gasteiger partial charge in [0.2, 0.25) is 12.2 Å². The molecule has 0 saturated heterocycles. The number of nitrogens with zero attached hydrogens (tertiary/aromatic N) is 2. The number of isocyanates is 2. The van der Waals surface area contributed by atoms with Crippen LogP contribution < -0.4 is 0 Å². The summed E-state index contributed by atoms with van der Waals surface area (Å²) in [5.74, 6) is 1.28. The summed E-state index contributed by atoms with van der Waals surface area (Å²) >= 11 is 0. The molecule has 0 radical (unpaired) electrons. The molecule has 1 aliphatic rings. The van der Waals surface area contributed by atoms with E-state index in [2.05, 4.69) is 9.98 Å². The Hall–Kier alpha value is -1.24. The number of carbonyl (C=O) groups excluding carboxylic acids is 2. The minimum Gasteiger partial charge on any atom is -0.211 e. The van der Waals surface area contributed by atoms with Crippen molar-refractivity contribution in [3.05, 3.63) is 0 Å². The van der Waals surface area contributed by atoms with Gasteiger partial charge < -0.3 is 0 Å². The van der Waals surface area contributed by atoms with Crippen LogP contribution in [-0.4, -0.2) is 24.2 Å². The van der Waals surface area contributed by atoms with Gasteiger partial charge in [-0.25, -0.2) is 19.6 Å². The average Bonchev–Trinajstić information content (AvgIpc) is 2.29. The lowest BCUT2D eigenvalue weighted by Gasteiger charge is -2.30. The molecule has 0 amide bonds. The Bertz CT molecular complexity index is 312. The second-order valence-electron chi connectivity index (χ2n) is 5.51. The highest BCUT2D eigenvalue weighted by molar-refractivity contribution is 5.33. The lowest BCUT2D eigenvalue weighted by atomic mass is 9.76. The first-order chi connectivity index (χ1) is 8.65. The van der Waals surface area contributed by atoms with Crippen LogP contribution >= 0.6 is 0 Å². The van der Waals surface area contributed by atoms with Gasteiger partial charge in [0.25, 0.3) is 0 Å². The van der Waals surface area contributed by atoms with Crippen molar-refractivity contribution in [2.24, 2.45) is 21.8 Å². The molecule has 4 nitrogen and oxygen atoms in total. The van der Waals surface area contributed by atoms with E-state index in [1.807, 2.05) is 13.8 Å². The van der Waals surface area contributed by atoms with Crippen LogP contribution in [0.4, 0.5) is 0 Å². The Labute approximate surface area is 109 Å². The molecule has 1 saturated carbocycles. The topological polar surface area (TPSA) is 58.9 Å². The SMILES string of the molecule is CC(CC1CCCC(CC(C)N=C=O)C1)N=C=O. The summed E-state index contributed by atoms with van der Waals surface area (Å²) in [4.78, 5) is 27.9. The van der Waals surface area contributed by atoms with Gasteiger partial charge in [0.15, 0.2) is 0 Å². The summed E-state index contributed by atoms with van der Waals surface area (Å²) in [6.07, 6.45) is 10.0. The lowest BCUT2D eigenvalue weighted by molar-refractivity contribution is 0.230. The molecule has 4 unspecified atom stereocenters. The molecule has 4 atom stereocenters. The van der Waals surface area contributed by atoms with Crippen LogP contribution in [0.25, 0.3) is 0 Å². The van der Waals surface area contributed by atoms with Crippen molar-refractivity contribution in [2.75, 3.05) is 0 Å². The molecule has 0 heterocycles. The predicted molar refractivity (Wildman–Crippen MR) is 69.8 cm³/mol. The number of hydrogen-bond donors (Lipinski definition) is 0. The Morgan fingerprint density at radius 1 is 1.00 bits per heavy atom. The fraction of sp³-hybridized carbons (Fsp3) is 0.857. The summed E-state index contributed by atoms with van der Waals surface area (Å²) in [6, 6.07) is 0.160. The molecule has 0 N–H and O–H groups in total. The van der Waals surface area contributed by atoms with E-state index < -0.39 is 0 Å². The Morgan fingerprint density at radius 2 is 1.44 bits per heavy atom. The van der Waals surface area contributed by atoms with Gasteiger partial charge in [-0.1, -0.05) is 19.3 Å². The molecule has 0 aromatic carbocycles. The maximum absolute atomic E-state index is 10.2. The molecule has 100 valence electrons. The molecular formula is C14H22N2O2. The highest BCUT2D eigenvalue weighted by Gasteiger charge is 2.24. The van der Waals surface area contributed by atoms with E-state index in [1.165, 1.54) is 19.3 Å². The van der Waals surface area contributed by atoms with Crippen LogP contribution in [0.2, 0.25) is 0 Å². The molecule has 1 aliphatic carbocycles. The third-order valence-electron chi connectivity index (χ3n) is 3.79. The zero-order valence-electron chi connectivity index (χ0n) is 11.3. The van der Waals surface area contributed by atoms with Gasteiger partial charge in [-0.2, -0.15) is 0 Å². The fourth-order valence-electron chi connectivity index (χ4n) is 3.08. The van der Waals surface area contributed by atoms with Gasteiger partial charge in [-0.15, -0.1) is 0 Å². The zero-order chi connectivity index (χ0) is 13.4. The Morgan fingerprint density at radius 3 is 1.83 bits per heavy atom. The van der Waals surface area contributed by atoms with Gasteiger partial charge in [0, 0.05) is 0 Å². The monoisotopic (exact) mass is 250 g/mol. The molecule has 18 heavy (non-hydrogen) atoms. The summed E-state index contributed by atoms with van der Waals surface area (Å²) in [7, 11) is 0. The van der Waals surface area contributed by atoms with E-state index in [4.69, 9.17) is 0 Å². The van der Waals surface area contributed by atoms with Crippen molar-refractivity contribution < 1.29 is 9.59 Å². The standard InChI is InChI=1S/C14H22N2O2/c1-11(15-9-17)6-13-4-3-5-14(8-13)7-12(2)16-10-18/h11-14H,3-8H2,1-2H3. The van der Waals surface area contributed by atoms with Crippen LogP contribution in [0.3, 0.4) is 0 Å². The molecule has 0 spiro atoms. The normalized spacial score (nSPS) is 26.6. The highest BCUT2D eigenvalue weighted by Crippen LogP contribution is 2.34. The van der Waals surface area contributed by atoms with Gasteiger partial charge in [-0.3, -0.25) is 0 Å². The Balaban J connectivity index is 2.40. The van der Waals surface area contributed by atoms with E-state index in [0.29, 0.717) is 11.8 Å². The molecule has 4 heteroatoms. The van der Waals surface area contributed by atoms with Crippen LogP contribution in [0, 0.1) is 11.8 Å². The van der Waals surface area contributed by atoms with Crippen molar-refractivity contribution >= 4 is 12.2 Å². The second-order valence-corrected chi connectivity index (χ2v) is 5.51. The number of hydrogen-bond acceptors (Lipinski definition) is 4. The summed E-state index contributed by atoms with van der Waals surface area (Å²) in [5.41, 5.74) is 0. The number of rotatable bonds is 6. The van der Waals surface area contributed by atoms with E-state index in [9.17, 15) is 9.59 Å². The van der Waals surface area contributed by atoms with Crippen molar-refractivity contribution in [1.29, 1.82) is 0 Å². The van der Waals surface area contributed by atoms with Gasteiger partial charge in [0.05, 0.1) is 12.1 Å². The molecule has 0 bridgehead atoms. The van der Waals surface area contributed by atoms with Crippen LogP contribution in [-0.2, 0) is 9.59 Å². The van der Waals surface area contributed by atoms with Crippen LogP contribution in [0.5, 0.6) is 0 Å². The van der Waals surface area contributed by atoms with Crippen molar-refractivity contribution in [2.45, 2.75) is 64.5 Å². The fourth-order valence-corrected chi connectivity index (χ4v) is 3.08. The van der Waals surface area contributed by atoms with Crippen LogP contribution in [0.15, 0.2) is 9.98 Å². The maximum Gasteiger partial charge on any atom is 0.235 e. The molecule has 0 aromatic heterocycles. The van der Waals surface area contributed by atoms with E-state index in [-0.39, 0.29) is 12.1 Å². The molecular weight excluding hydrogens is 228 g/mol. The van der Waals surface area contributed by atoms with E-state index in [1.54, 1.807) is 12.2 Å². The van der Waals surface area contributed by atoms with Gasteiger partial charge in [-0.05, 0) is 44.9 Å². The lowest BCUT2D eigenvalue weighted by Crippen LogP contribution is -2.21. The largest absolute Gasteiger partial charge is 0.235 e. The van der Waals surface area contributed by atoms with Gasteiger partial charge in [0.1, 0.15) is 0 Å². The average molecular weight is 250 g/mol. The van der Waals surface area contributed by atoms with E-state index >= 15 is 0 Å². The first-order valence-electron chi connectivity index (χ1n) is 6.79. The van der Waals surface area contributed by atoms with Crippen molar-refractivity contribution in [1.82, 2.24) is 0 Å². The van der Waals surface area contributed by atoms with Crippen molar-refractivity contribution in [3.8, 4) is 0 Å². The predicted octanol–water partition coefficient (Wildman–Crippen LogP) is 3.02. The minimum atomic E-state index is 0.0802. The van der Waals surface area contributed by atoms with Crippen LogP contribution in [0.1, 0.15) is 52.4 Å². The molecule has 0 aliphatic heterocycles. The maximum atomic E-state index is 10.2. The molecule has 1 fully saturated rings. The zero-order valence-corrected chi connectivity index (χ0v) is 11.3. The first kappa shape index (κ1) is 14.8. The second kappa shape index (κ2) is 7.97. The summed E-state index contributed by atoms with van der Waals surface area (Å²) < 4.78 is 0. The summed E-state index contributed by atoms with van der Waals surface area (Å²) in [5, 5.41) is 0. The van der Waals surface area contributed by atoms with E-state index in [0.717, 1.165) is 19.3 Å². The third-order valence-corrected chi connectivity index (χ3v) is 3.79. The molecule has 0 aromatic rings.